The van der Waals surface area contributed by atoms with Crippen LogP contribution in [0.3, 0.4) is 0 Å². The van der Waals surface area contributed by atoms with Crippen LogP contribution in [0.5, 0.6) is 0 Å². The summed E-state index contributed by atoms with van der Waals surface area (Å²) in [5.74, 6) is 0.331. The Labute approximate surface area is 123 Å². The molecule has 0 bridgehead atoms. The maximum absolute atomic E-state index is 12.5. The smallest absolute Gasteiger partial charge is 0.257 e. The van der Waals surface area contributed by atoms with Crippen LogP contribution >= 0.6 is 0 Å². The van der Waals surface area contributed by atoms with Crippen LogP contribution in [0.2, 0.25) is 0 Å². The van der Waals surface area contributed by atoms with E-state index in [2.05, 4.69) is 15.5 Å². The number of pyridine rings is 1. The molecule has 0 aliphatic heterocycles. The van der Waals surface area contributed by atoms with Crippen molar-refractivity contribution < 1.29 is 9.32 Å². The van der Waals surface area contributed by atoms with Crippen molar-refractivity contribution in [3.05, 3.63) is 23.5 Å². The summed E-state index contributed by atoms with van der Waals surface area (Å²) in [6, 6.07) is 1.79. The molecule has 6 nitrogen and oxygen atoms in total. The number of aryl methyl sites for hydroxylation is 1. The Balaban J connectivity index is 1.87. The third-order valence-electron chi connectivity index (χ3n) is 4.30. The average Bonchev–Trinajstić information content (AvgIpc) is 3.27. The Morgan fingerprint density at radius 1 is 1.57 bits per heavy atom. The summed E-state index contributed by atoms with van der Waals surface area (Å²) in [6.45, 7) is 4.43. The number of amides is 1. The molecule has 112 valence electrons. The number of nitrogens with one attached hydrogen (secondary N) is 1. The van der Waals surface area contributed by atoms with Gasteiger partial charge >= 0.3 is 0 Å². The van der Waals surface area contributed by atoms with Crippen molar-refractivity contribution >= 4 is 17.0 Å². The molecule has 1 atom stereocenters. The zero-order chi connectivity index (χ0) is 15.0. The molecule has 0 spiro atoms. The lowest BCUT2D eigenvalue weighted by molar-refractivity contribution is 0.0897. The number of fused-ring (bicyclic) bond motifs is 1. The average molecular weight is 288 g/mol. The molecule has 1 unspecified atom stereocenters. The quantitative estimate of drug-likeness (QED) is 0.872. The molecule has 0 saturated heterocycles. The van der Waals surface area contributed by atoms with Crippen LogP contribution in [0, 0.1) is 5.92 Å². The third kappa shape index (κ3) is 2.51. The summed E-state index contributed by atoms with van der Waals surface area (Å²) in [7, 11) is 0. The van der Waals surface area contributed by atoms with Gasteiger partial charge in [-0.2, -0.15) is 0 Å². The summed E-state index contributed by atoms with van der Waals surface area (Å²) in [4.78, 5) is 16.6. The molecule has 1 saturated carbocycles. The first-order valence-corrected chi connectivity index (χ1v) is 7.34. The van der Waals surface area contributed by atoms with Gasteiger partial charge in [0.15, 0.2) is 0 Å². The third-order valence-corrected chi connectivity index (χ3v) is 4.30. The fraction of sp³-hybridized carbons (Fsp3) is 0.533. The highest BCUT2D eigenvalue weighted by Gasteiger charge is 2.41. The van der Waals surface area contributed by atoms with Gasteiger partial charge in [0.1, 0.15) is 0 Å². The second-order valence-electron chi connectivity index (χ2n) is 5.91. The highest BCUT2D eigenvalue weighted by atomic mass is 16.5. The second-order valence-corrected chi connectivity index (χ2v) is 5.91. The Bertz CT molecular complexity index is 677. The number of nitrogens with two attached hydrogens (primary N) is 1. The van der Waals surface area contributed by atoms with Crippen LogP contribution in [0.4, 0.5) is 0 Å². The van der Waals surface area contributed by atoms with Crippen molar-refractivity contribution in [1.82, 2.24) is 15.5 Å². The number of nitrogens with zero attached hydrogens (tertiary/aromatic N) is 2. The fourth-order valence-electron chi connectivity index (χ4n) is 2.63. The molecule has 2 aromatic rings. The van der Waals surface area contributed by atoms with Crippen molar-refractivity contribution in [3.63, 3.8) is 0 Å². The van der Waals surface area contributed by atoms with Crippen LogP contribution in [-0.2, 0) is 6.42 Å². The Morgan fingerprint density at radius 2 is 2.33 bits per heavy atom. The summed E-state index contributed by atoms with van der Waals surface area (Å²) in [6.07, 6.45) is 4.50. The van der Waals surface area contributed by atoms with E-state index in [1.165, 1.54) is 6.20 Å². The van der Waals surface area contributed by atoms with Crippen molar-refractivity contribution in [1.29, 1.82) is 0 Å². The number of carbonyl (C=O) groups excluding carboxylic acids is 1. The largest absolute Gasteiger partial charge is 0.345 e. The first kappa shape index (κ1) is 14.0. The zero-order valence-electron chi connectivity index (χ0n) is 12.3. The topological polar surface area (TPSA) is 94.0 Å². The zero-order valence-corrected chi connectivity index (χ0v) is 12.3. The molecule has 1 aliphatic carbocycles. The summed E-state index contributed by atoms with van der Waals surface area (Å²) in [5, 5.41) is 7.81. The molecular weight excluding hydrogens is 268 g/mol. The lowest BCUT2D eigenvalue weighted by atomic mass is 9.95. The van der Waals surface area contributed by atoms with Crippen LogP contribution in [0.15, 0.2) is 16.8 Å². The van der Waals surface area contributed by atoms with Gasteiger partial charge in [-0.05, 0) is 38.2 Å². The molecule has 2 aromatic heterocycles. The number of aromatic nitrogens is 2. The van der Waals surface area contributed by atoms with Gasteiger partial charge in [0.2, 0.25) is 0 Å². The van der Waals surface area contributed by atoms with Crippen molar-refractivity contribution in [3.8, 4) is 0 Å². The first-order valence-electron chi connectivity index (χ1n) is 7.34. The maximum Gasteiger partial charge on any atom is 0.257 e. The number of carbonyl (C=O) groups is 1. The van der Waals surface area contributed by atoms with E-state index < -0.39 is 0 Å². The predicted molar refractivity (Wildman–Crippen MR) is 78.8 cm³/mol. The van der Waals surface area contributed by atoms with Gasteiger partial charge in [-0.15, -0.1) is 0 Å². The number of hydrogen-bond acceptors (Lipinski definition) is 5. The molecule has 21 heavy (non-hydrogen) atoms. The van der Waals surface area contributed by atoms with Gasteiger partial charge in [-0.25, -0.2) is 4.98 Å². The number of rotatable bonds is 5. The van der Waals surface area contributed by atoms with Gasteiger partial charge in [0.25, 0.3) is 11.6 Å². The summed E-state index contributed by atoms with van der Waals surface area (Å²) < 4.78 is 5.13. The molecule has 1 fully saturated rings. The molecule has 1 amide bonds. The lowest BCUT2D eigenvalue weighted by Crippen LogP contribution is -2.53. The van der Waals surface area contributed by atoms with E-state index in [1.54, 1.807) is 6.07 Å². The molecule has 6 heteroatoms. The van der Waals surface area contributed by atoms with Gasteiger partial charge in [0, 0.05) is 12.7 Å². The maximum atomic E-state index is 12.5. The van der Waals surface area contributed by atoms with E-state index in [-0.39, 0.29) is 11.4 Å². The minimum atomic E-state index is -0.339. The van der Waals surface area contributed by atoms with Gasteiger partial charge in [0.05, 0.1) is 22.2 Å². The van der Waals surface area contributed by atoms with E-state index >= 15 is 0 Å². The van der Waals surface area contributed by atoms with E-state index in [1.807, 2.05) is 13.8 Å². The van der Waals surface area contributed by atoms with Crippen LogP contribution in [0.1, 0.15) is 42.7 Å². The molecule has 3 rings (SSSR count). The Kier molecular flexibility index (Phi) is 3.41. The summed E-state index contributed by atoms with van der Waals surface area (Å²) in [5.41, 5.74) is 7.29. The molecular formula is C15H20N4O2. The first-order chi connectivity index (χ1) is 10.1. The van der Waals surface area contributed by atoms with Gasteiger partial charge in [-0.3, -0.25) is 4.79 Å². The van der Waals surface area contributed by atoms with Crippen LogP contribution in [-0.4, -0.2) is 28.1 Å². The van der Waals surface area contributed by atoms with Crippen LogP contribution < -0.4 is 11.1 Å². The molecule has 3 N–H and O–H groups in total. The minimum absolute atomic E-state index is 0.146. The van der Waals surface area contributed by atoms with Crippen LogP contribution in [0.25, 0.3) is 11.1 Å². The number of hydrogen-bond donors (Lipinski definition) is 2. The summed E-state index contributed by atoms with van der Waals surface area (Å²) >= 11 is 0. The highest BCUT2D eigenvalue weighted by Crippen LogP contribution is 2.39. The molecule has 2 heterocycles. The second kappa shape index (κ2) is 5.11. The highest BCUT2D eigenvalue weighted by molar-refractivity contribution is 5.97. The Hall–Kier alpha value is -1.95. The lowest BCUT2D eigenvalue weighted by Gasteiger charge is -2.29. The fourth-order valence-corrected chi connectivity index (χ4v) is 2.63. The standard InChI is InChI=1S/C15H20N4O2/c1-3-12-11-6-9(7-17-14(11)21-19-12)13(20)18-15(2,8-16)10-4-5-10/h6-7,10H,3-5,8,16H2,1-2H3,(H,18,20). The molecule has 1 aliphatic rings. The van der Waals surface area contributed by atoms with Crippen molar-refractivity contribution in [2.45, 2.75) is 38.6 Å². The monoisotopic (exact) mass is 288 g/mol. The molecule has 0 radical (unpaired) electrons. The van der Waals surface area contributed by atoms with E-state index in [0.29, 0.717) is 23.7 Å². The van der Waals surface area contributed by atoms with Crippen molar-refractivity contribution in [2.24, 2.45) is 11.7 Å². The molecule has 0 aromatic carbocycles. The van der Waals surface area contributed by atoms with Gasteiger partial charge in [-0.1, -0.05) is 12.1 Å². The predicted octanol–water partition coefficient (Wildman–Crippen LogP) is 1.64. The normalized spacial score (nSPS) is 17.7. The SMILES string of the molecule is CCc1noc2ncc(C(=O)NC(C)(CN)C3CC3)cc12. The van der Waals surface area contributed by atoms with E-state index in [0.717, 1.165) is 30.3 Å². The minimum Gasteiger partial charge on any atom is -0.345 e. The van der Waals surface area contributed by atoms with E-state index in [9.17, 15) is 4.79 Å². The van der Waals surface area contributed by atoms with Gasteiger partial charge < -0.3 is 15.6 Å². The van der Waals surface area contributed by atoms with Crippen molar-refractivity contribution in [2.75, 3.05) is 6.54 Å². The Morgan fingerprint density at radius 3 is 2.95 bits per heavy atom. The van der Waals surface area contributed by atoms with E-state index in [4.69, 9.17) is 10.3 Å².